The van der Waals surface area contributed by atoms with Crippen LogP contribution in [0.1, 0.15) is 37.8 Å². The molecule has 1 saturated carbocycles. The van der Waals surface area contributed by atoms with Crippen molar-refractivity contribution >= 4 is 16.6 Å². The molecule has 116 valence electrons. The monoisotopic (exact) mass is 297 g/mol. The third kappa shape index (κ3) is 2.09. The molecule has 1 aromatic carbocycles. The number of piperidine rings is 1. The van der Waals surface area contributed by atoms with Gasteiger partial charge in [-0.15, -0.1) is 5.10 Å². The van der Waals surface area contributed by atoms with Gasteiger partial charge in [-0.3, -0.25) is 0 Å². The van der Waals surface area contributed by atoms with Crippen LogP contribution in [0.3, 0.4) is 0 Å². The van der Waals surface area contributed by atoms with Gasteiger partial charge in [0.15, 0.2) is 5.82 Å². The Morgan fingerprint density at radius 1 is 1.14 bits per heavy atom. The van der Waals surface area contributed by atoms with Crippen LogP contribution in [0.4, 0.5) is 5.82 Å². The Morgan fingerprint density at radius 2 is 1.91 bits per heavy atom. The van der Waals surface area contributed by atoms with Gasteiger partial charge >= 0.3 is 0 Å². The molecule has 1 aromatic heterocycles. The van der Waals surface area contributed by atoms with Crippen LogP contribution in [0.5, 0.6) is 0 Å². The van der Waals surface area contributed by atoms with E-state index in [9.17, 15) is 5.11 Å². The van der Waals surface area contributed by atoms with Crippen molar-refractivity contribution in [2.45, 2.75) is 45.1 Å². The summed E-state index contributed by atoms with van der Waals surface area (Å²) in [5.41, 5.74) is 1.05. The summed E-state index contributed by atoms with van der Waals surface area (Å²) in [4.78, 5) is 2.35. The molecular weight excluding hydrogens is 274 g/mol. The second kappa shape index (κ2) is 5.20. The smallest absolute Gasteiger partial charge is 0.159 e. The lowest BCUT2D eigenvalue weighted by Gasteiger charge is -2.43. The minimum atomic E-state index is -0.153. The Hall–Kier alpha value is -1.68. The van der Waals surface area contributed by atoms with Crippen molar-refractivity contribution in [1.29, 1.82) is 0 Å². The number of fused-ring (bicyclic) bond motifs is 1. The first-order valence-electron chi connectivity index (χ1n) is 8.35. The summed E-state index contributed by atoms with van der Waals surface area (Å²) in [6.45, 7) is 3.93. The average Bonchev–Trinajstić information content (AvgIpc) is 2.88. The summed E-state index contributed by atoms with van der Waals surface area (Å²) in [6, 6.07) is 8.38. The maximum absolute atomic E-state index is 10.5. The second-order valence-electron chi connectivity index (χ2n) is 6.95. The highest BCUT2D eigenvalue weighted by molar-refractivity contribution is 5.93. The van der Waals surface area contributed by atoms with Crippen molar-refractivity contribution in [3.05, 3.63) is 30.0 Å². The summed E-state index contributed by atoms with van der Waals surface area (Å²) < 4.78 is 0. The van der Waals surface area contributed by atoms with Gasteiger partial charge in [0.25, 0.3) is 0 Å². The average molecular weight is 297 g/mol. The zero-order valence-electron chi connectivity index (χ0n) is 13.1. The third-order valence-corrected chi connectivity index (χ3v) is 5.62. The fourth-order valence-electron chi connectivity index (χ4n) is 4.39. The number of aliphatic hydroxyl groups excluding tert-OH is 1. The molecule has 2 atom stereocenters. The highest BCUT2D eigenvalue weighted by Crippen LogP contribution is 2.46. The van der Waals surface area contributed by atoms with Crippen molar-refractivity contribution in [1.82, 2.24) is 10.2 Å². The van der Waals surface area contributed by atoms with E-state index in [0.717, 1.165) is 56.7 Å². The predicted octanol–water partition coefficient (Wildman–Crippen LogP) is 3.07. The zero-order valence-corrected chi connectivity index (χ0v) is 13.1. The van der Waals surface area contributed by atoms with Crippen LogP contribution in [-0.2, 0) is 0 Å². The van der Waals surface area contributed by atoms with Gasteiger partial charge in [-0.05, 0) is 32.6 Å². The largest absolute Gasteiger partial charge is 0.392 e. The van der Waals surface area contributed by atoms with Crippen molar-refractivity contribution in [3.8, 4) is 0 Å². The summed E-state index contributed by atoms with van der Waals surface area (Å²) in [7, 11) is 0. The SMILES string of the molecule is Cc1nnc(N2CCC[C@]3(CCC[C@H]3O)C2)c2ccccc12. The first-order valence-corrected chi connectivity index (χ1v) is 8.35. The van der Waals surface area contributed by atoms with Crippen LogP contribution in [0.15, 0.2) is 24.3 Å². The van der Waals surface area contributed by atoms with Gasteiger partial charge in [0.1, 0.15) is 0 Å². The Labute approximate surface area is 131 Å². The molecule has 4 nitrogen and oxygen atoms in total. The number of anilines is 1. The summed E-state index contributed by atoms with van der Waals surface area (Å²) in [6.07, 6.45) is 5.36. The molecule has 2 heterocycles. The minimum absolute atomic E-state index is 0.0753. The molecule has 0 amide bonds. The van der Waals surface area contributed by atoms with Crippen LogP contribution in [0, 0.1) is 12.3 Å². The number of aliphatic hydroxyl groups is 1. The maximum Gasteiger partial charge on any atom is 0.159 e. The van der Waals surface area contributed by atoms with Gasteiger partial charge in [-0.2, -0.15) is 5.10 Å². The van der Waals surface area contributed by atoms with E-state index in [1.807, 2.05) is 6.92 Å². The summed E-state index contributed by atoms with van der Waals surface area (Å²) >= 11 is 0. The Kier molecular flexibility index (Phi) is 3.30. The van der Waals surface area contributed by atoms with Gasteiger partial charge in [0.05, 0.1) is 11.8 Å². The third-order valence-electron chi connectivity index (χ3n) is 5.62. The number of hydrogen-bond donors (Lipinski definition) is 1. The van der Waals surface area contributed by atoms with E-state index < -0.39 is 0 Å². The van der Waals surface area contributed by atoms with Crippen LogP contribution in [0.25, 0.3) is 10.8 Å². The van der Waals surface area contributed by atoms with E-state index in [2.05, 4.69) is 39.4 Å². The molecule has 0 bridgehead atoms. The summed E-state index contributed by atoms with van der Waals surface area (Å²) in [5, 5.41) is 21.7. The standard InChI is InChI=1S/C18H23N3O/c1-13-14-6-2-3-7-15(14)17(20-19-13)21-11-5-10-18(12-21)9-4-8-16(18)22/h2-3,6-7,16,22H,4-5,8-12H2,1H3/t16-,18-/m1/s1. The van der Waals surface area contributed by atoms with Gasteiger partial charge in [0, 0.05) is 29.3 Å². The molecule has 4 heteroatoms. The molecule has 1 spiro atoms. The fourth-order valence-corrected chi connectivity index (χ4v) is 4.39. The second-order valence-corrected chi connectivity index (χ2v) is 6.95. The van der Waals surface area contributed by atoms with E-state index >= 15 is 0 Å². The fraction of sp³-hybridized carbons (Fsp3) is 0.556. The number of aryl methyl sites for hydroxylation is 1. The highest BCUT2D eigenvalue weighted by Gasteiger charge is 2.45. The molecule has 2 aromatic rings. The highest BCUT2D eigenvalue weighted by atomic mass is 16.3. The lowest BCUT2D eigenvalue weighted by atomic mass is 9.76. The summed E-state index contributed by atoms with van der Waals surface area (Å²) in [5.74, 6) is 0.986. The first kappa shape index (κ1) is 13.9. The van der Waals surface area contributed by atoms with Gasteiger partial charge < -0.3 is 10.0 Å². The van der Waals surface area contributed by atoms with Crippen LogP contribution in [0.2, 0.25) is 0 Å². The van der Waals surface area contributed by atoms with Crippen LogP contribution >= 0.6 is 0 Å². The maximum atomic E-state index is 10.5. The van der Waals surface area contributed by atoms with Gasteiger partial charge in [-0.1, -0.05) is 30.7 Å². The van der Waals surface area contributed by atoms with Crippen molar-refractivity contribution in [2.75, 3.05) is 18.0 Å². The van der Waals surface area contributed by atoms with Gasteiger partial charge in [-0.25, -0.2) is 0 Å². The first-order chi connectivity index (χ1) is 10.7. The van der Waals surface area contributed by atoms with Crippen LogP contribution in [-0.4, -0.2) is 34.5 Å². The van der Waals surface area contributed by atoms with E-state index in [-0.39, 0.29) is 11.5 Å². The van der Waals surface area contributed by atoms with E-state index in [0.29, 0.717) is 0 Å². The van der Waals surface area contributed by atoms with E-state index in [1.165, 1.54) is 10.8 Å². The molecule has 0 radical (unpaired) electrons. The van der Waals surface area contributed by atoms with Crippen LogP contribution < -0.4 is 4.90 Å². The quantitative estimate of drug-likeness (QED) is 0.879. The molecule has 1 aliphatic carbocycles. The molecule has 1 N–H and O–H groups in total. The lowest BCUT2D eigenvalue weighted by molar-refractivity contribution is 0.0408. The number of benzene rings is 1. The van der Waals surface area contributed by atoms with Crippen molar-refractivity contribution < 1.29 is 5.11 Å². The normalized spacial score (nSPS) is 28.6. The Morgan fingerprint density at radius 3 is 2.68 bits per heavy atom. The Balaban J connectivity index is 1.74. The molecular formula is C18H23N3O. The molecule has 0 unspecified atom stereocenters. The minimum Gasteiger partial charge on any atom is -0.392 e. The zero-order chi connectivity index (χ0) is 15.2. The molecule has 2 fully saturated rings. The van der Waals surface area contributed by atoms with E-state index in [1.54, 1.807) is 0 Å². The Bertz CT molecular complexity index is 702. The molecule has 22 heavy (non-hydrogen) atoms. The molecule has 4 rings (SSSR count). The molecule has 2 aliphatic rings. The number of hydrogen-bond acceptors (Lipinski definition) is 4. The number of nitrogens with zero attached hydrogens (tertiary/aromatic N) is 3. The van der Waals surface area contributed by atoms with Crippen molar-refractivity contribution in [3.63, 3.8) is 0 Å². The number of rotatable bonds is 1. The molecule has 1 saturated heterocycles. The topological polar surface area (TPSA) is 49.2 Å². The van der Waals surface area contributed by atoms with Gasteiger partial charge in [0.2, 0.25) is 0 Å². The number of aromatic nitrogens is 2. The van der Waals surface area contributed by atoms with E-state index in [4.69, 9.17) is 0 Å². The molecule has 1 aliphatic heterocycles. The van der Waals surface area contributed by atoms with Crippen molar-refractivity contribution in [2.24, 2.45) is 5.41 Å². The predicted molar refractivity (Wildman–Crippen MR) is 88.0 cm³/mol. The lowest BCUT2D eigenvalue weighted by Crippen LogP contribution is -2.47.